The molecule has 3 atom stereocenters. The molecule has 2 N–H and O–H groups in total. The normalized spacial score (nSPS) is 35.2. The highest BCUT2D eigenvalue weighted by molar-refractivity contribution is 4.91. The van der Waals surface area contributed by atoms with Gasteiger partial charge in [0.1, 0.15) is 0 Å². The van der Waals surface area contributed by atoms with Gasteiger partial charge in [0.2, 0.25) is 0 Å². The highest BCUT2D eigenvalue weighted by Gasteiger charge is 2.33. The van der Waals surface area contributed by atoms with Gasteiger partial charge in [-0.05, 0) is 37.0 Å². The largest absolute Gasteiger partial charge is 0.325 e. The van der Waals surface area contributed by atoms with E-state index in [2.05, 4.69) is 27.7 Å². The lowest BCUT2D eigenvalue weighted by atomic mass is 9.78. The molecule has 1 heteroatoms. The zero-order chi connectivity index (χ0) is 11.5. The first-order chi connectivity index (χ1) is 6.99. The van der Waals surface area contributed by atoms with E-state index >= 15 is 0 Å². The molecule has 0 saturated heterocycles. The molecule has 0 aromatic carbocycles. The van der Waals surface area contributed by atoms with E-state index in [1.165, 1.54) is 38.5 Å². The van der Waals surface area contributed by atoms with Crippen molar-refractivity contribution in [2.75, 3.05) is 0 Å². The Balaban J connectivity index is 2.58. The second-order valence-electron chi connectivity index (χ2n) is 5.98. The quantitative estimate of drug-likeness (QED) is 0.702. The highest BCUT2D eigenvalue weighted by Crippen LogP contribution is 2.37. The van der Waals surface area contributed by atoms with Crippen LogP contribution in [0.3, 0.4) is 0 Å². The van der Waals surface area contributed by atoms with Crippen molar-refractivity contribution in [2.24, 2.45) is 23.5 Å². The predicted octanol–water partition coefficient (Wildman–Crippen LogP) is 3.97. The Morgan fingerprint density at radius 3 is 2.40 bits per heavy atom. The second-order valence-corrected chi connectivity index (χ2v) is 5.98. The van der Waals surface area contributed by atoms with Crippen LogP contribution in [0.5, 0.6) is 0 Å². The molecule has 0 aromatic heterocycles. The Bertz CT molecular complexity index is 188. The molecule has 0 aromatic rings. The molecule has 15 heavy (non-hydrogen) atoms. The maximum absolute atomic E-state index is 6.58. The highest BCUT2D eigenvalue weighted by atomic mass is 14.8. The Morgan fingerprint density at radius 2 is 1.87 bits per heavy atom. The molecule has 0 spiro atoms. The van der Waals surface area contributed by atoms with E-state index in [1.807, 2.05) is 0 Å². The van der Waals surface area contributed by atoms with Crippen molar-refractivity contribution in [2.45, 2.75) is 71.8 Å². The van der Waals surface area contributed by atoms with Crippen LogP contribution in [0.2, 0.25) is 0 Å². The minimum absolute atomic E-state index is 0.137. The van der Waals surface area contributed by atoms with E-state index in [0.717, 1.165) is 11.8 Å². The summed E-state index contributed by atoms with van der Waals surface area (Å²) in [6.07, 6.45) is 7.79. The summed E-state index contributed by atoms with van der Waals surface area (Å²) in [4.78, 5) is 0. The molecule has 1 nitrogen and oxygen atoms in total. The average molecular weight is 211 g/mol. The topological polar surface area (TPSA) is 26.0 Å². The van der Waals surface area contributed by atoms with Crippen LogP contribution in [0.25, 0.3) is 0 Å². The Labute approximate surface area is 95.8 Å². The van der Waals surface area contributed by atoms with Crippen LogP contribution < -0.4 is 5.73 Å². The fourth-order valence-electron chi connectivity index (χ4n) is 2.98. The standard InChI is InChI=1S/C14H29N/c1-5-12(4)14(15)9-6-7-13(8-10-14)11(2)3/h11-13H,5-10,15H2,1-4H3. The molecule has 0 aliphatic heterocycles. The van der Waals surface area contributed by atoms with Crippen LogP contribution in [-0.2, 0) is 0 Å². The molecular formula is C14H29N. The van der Waals surface area contributed by atoms with E-state index in [1.54, 1.807) is 0 Å². The minimum atomic E-state index is 0.137. The molecule has 0 heterocycles. The van der Waals surface area contributed by atoms with Crippen molar-refractivity contribution in [3.63, 3.8) is 0 Å². The summed E-state index contributed by atoms with van der Waals surface area (Å²) in [7, 11) is 0. The SMILES string of the molecule is CCC(C)C1(N)CCCC(C(C)C)CC1. The summed E-state index contributed by atoms with van der Waals surface area (Å²) < 4.78 is 0. The zero-order valence-electron chi connectivity index (χ0n) is 11.1. The second kappa shape index (κ2) is 5.34. The van der Waals surface area contributed by atoms with E-state index < -0.39 is 0 Å². The zero-order valence-corrected chi connectivity index (χ0v) is 11.1. The monoisotopic (exact) mass is 211 g/mol. The van der Waals surface area contributed by atoms with Crippen molar-refractivity contribution in [1.29, 1.82) is 0 Å². The summed E-state index contributed by atoms with van der Waals surface area (Å²) in [5.41, 5.74) is 6.71. The van der Waals surface area contributed by atoms with Crippen molar-refractivity contribution in [1.82, 2.24) is 0 Å². The molecule has 0 bridgehead atoms. The molecule has 1 rings (SSSR count). The lowest BCUT2D eigenvalue weighted by Crippen LogP contribution is -2.45. The first kappa shape index (κ1) is 13.0. The summed E-state index contributed by atoms with van der Waals surface area (Å²) >= 11 is 0. The Hall–Kier alpha value is -0.0400. The van der Waals surface area contributed by atoms with E-state index in [0.29, 0.717) is 5.92 Å². The molecule has 0 radical (unpaired) electrons. The van der Waals surface area contributed by atoms with Gasteiger partial charge in [0, 0.05) is 5.54 Å². The summed E-state index contributed by atoms with van der Waals surface area (Å²) in [6.45, 7) is 9.31. The van der Waals surface area contributed by atoms with E-state index in [9.17, 15) is 0 Å². The fraction of sp³-hybridized carbons (Fsp3) is 1.00. The average Bonchev–Trinajstić information content (AvgIpc) is 2.40. The molecular weight excluding hydrogens is 182 g/mol. The van der Waals surface area contributed by atoms with Crippen LogP contribution in [0.1, 0.15) is 66.2 Å². The maximum Gasteiger partial charge on any atom is 0.0180 e. The van der Waals surface area contributed by atoms with Gasteiger partial charge in [-0.3, -0.25) is 0 Å². The lowest BCUT2D eigenvalue weighted by molar-refractivity contribution is 0.241. The minimum Gasteiger partial charge on any atom is -0.325 e. The van der Waals surface area contributed by atoms with Gasteiger partial charge in [-0.1, -0.05) is 47.0 Å². The molecule has 1 saturated carbocycles. The third-order valence-electron chi connectivity index (χ3n) is 4.73. The first-order valence-corrected chi connectivity index (χ1v) is 6.78. The molecule has 90 valence electrons. The van der Waals surface area contributed by atoms with Crippen LogP contribution in [-0.4, -0.2) is 5.54 Å². The molecule has 1 fully saturated rings. The van der Waals surface area contributed by atoms with Gasteiger partial charge in [-0.15, -0.1) is 0 Å². The van der Waals surface area contributed by atoms with Gasteiger partial charge in [0.15, 0.2) is 0 Å². The summed E-state index contributed by atoms with van der Waals surface area (Å²) in [6, 6.07) is 0. The fourth-order valence-corrected chi connectivity index (χ4v) is 2.98. The summed E-state index contributed by atoms with van der Waals surface area (Å²) in [5.74, 6) is 2.44. The number of nitrogens with two attached hydrogens (primary N) is 1. The third-order valence-corrected chi connectivity index (χ3v) is 4.73. The number of hydrogen-bond donors (Lipinski definition) is 1. The molecule has 0 amide bonds. The molecule has 3 unspecified atom stereocenters. The van der Waals surface area contributed by atoms with Gasteiger partial charge in [-0.25, -0.2) is 0 Å². The molecule has 1 aliphatic rings. The smallest absolute Gasteiger partial charge is 0.0180 e. The Kier molecular flexibility index (Phi) is 4.64. The predicted molar refractivity (Wildman–Crippen MR) is 67.8 cm³/mol. The van der Waals surface area contributed by atoms with Gasteiger partial charge in [-0.2, -0.15) is 0 Å². The van der Waals surface area contributed by atoms with Crippen molar-refractivity contribution >= 4 is 0 Å². The van der Waals surface area contributed by atoms with Crippen molar-refractivity contribution in [3.05, 3.63) is 0 Å². The first-order valence-electron chi connectivity index (χ1n) is 6.78. The maximum atomic E-state index is 6.58. The van der Waals surface area contributed by atoms with E-state index in [-0.39, 0.29) is 5.54 Å². The van der Waals surface area contributed by atoms with Crippen LogP contribution in [0.15, 0.2) is 0 Å². The number of hydrogen-bond acceptors (Lipinski definition) is 1. The van der Waals surface area contributed by atoms with Crippen LogP contribution in [0, 0.1) is 17.8 Å². The summed E-state index contributed by atoms with van der Waals surface area (Å²) in [5, 5.41) is 0. The van der Waals surface area contributed by atoms with Gasteiger partial charge in [0.25, 0.3) is 0 Å². The van der Waals surface area contributed by atoms with Crippen LogP contribution >= 0.6 is 0 Å². The van der Waals surface area contributed by atoms with Crippen molar-refractivity contribution in [3.8, 4) is 0 Å². The van der Waals surface area contributed by atoms with Gasteiger partial charge in [0.05, 0.1) is 0 Å². The van der Waals surface area contributed by atoms with Crippen molar-refractivity contribution < 1.29 is 0 Å². The lowest BCUT2D eigenvalue weighted by Gasteiger charge is -2.34. The molecule has 1 aliphatic carbocycles. The van der Waals surface area contributed by atoms with E-state index in [4.69, 9.17) is 5.73 Å². The van der Waals surface area contributed by atoms with Gasteiger partial charge < -0.3 is 5.73 Å². The Morgan fingerprint density at radius 1 is 1.20 bits per heavy atom. The van der Waals surface area contributed by atoms with Crippen LogP contribution in [0.4, 0.5) is 0 Å². The van der Waals surface area contributed by atoms with Gasteiger partial charge >= 0.3 is 0 Å². The third kappa shape index (κ3) is 3.21. The number of rotatable bonds is 3.